The molecule has 0 aliphatic rings. The van der Waals surface area contributed by atoms with Gasteiger partial charge < -0.3 is 15.8 Å². The average Bonchev–Trinajstić information content (AvgIpc) is 2.18. The summed E-state index contributed by atoms with van der Waals surface area (Å²) in [5.41, 5.74) is 6.01. The van der Waals surface area contributed by atoms with E-state index in [0.29, 0.717) is 24.5 Å². The maximum absolute atomic E-state index is 11.2. The Bertz CT molecular complexity index is 297. The van der Waals surface area contributed by atoms with Crippen molar-refractivity contribution < 1.29 is 9.53 Å². The van der Waals surface area contributed by atoms with E-state index < -0.39 is 0 Å². The Balaban J connectivity index is 2.44. The van der Waals surface area contributed by atoms with Crippen LogP contribution in [0.5, 0.6) is 0 Å². The molecular formula is C9H13N3O2. The van der Waals surface area contributed by atoms with E-state index in [9.17, 15) is 4.79 Å². The third-order valence-corrected chi connectivity index (χ3v) is 1.59. The van der Waals surface area contributed by atoms with Gasteiger partial charge in [-0.15, -0.1) is 0 Å². The number of pyridine rings is 1. The van der Waals surface area contributed by atoms with Crippen molar-refractivity contribution in [2.24, 2.45) is 0 Å². The highest BCUT2D eigenvalue weighted by atomic mass is 16.5. The first kappa shape index (κ1) is 10.5. The molecule has 0 fully saturated rings. The van der Waals surface area contributed by atoms with E-state index in [-0.39, 0.29) is 5.91 Å². The Morgan fingerprint density at radius 1 is 1.64 bits per heavy atom. The van der Waals surface area contributed by atoms with Gasteiger partial charge in [0.15, 0.2) is 0 Å². The van der Waals surface area contributed by atoms with Gasteiger partial charge in [0.05, 0.1) is 24.9 Å². The minimum atomic E-state index is -0.121. The van der Waals surface area contributed by atoms with Gasteiger partial charge in [-0.05, 0) is 12.1 Å². The molecular weight excluding hydrogens is 182 g/mol. The normalized spacial score (nSPS) is 9.79. The van der Waals surface area contributed by atoms with Gasteiger partial charge in [-0.25, -0.2) is 4.98 Å². The lowest BCUT2D eigenvalue weighted by molar-refractivity contribution is -0.117. The summed E-state index contributed by atoms with van der Waals surface area (Å²) in [6.07, 6.45) is 1.81. The van der Waals surface area contributed by atoms with E-state index in [1.807, 2.05) is 0 Å². The van der Waals surface area contributed by atoms with E-state index in [1.54, 1.807) is 19.2 Å². The molecule has 0 aromatic carbocycles. The molecule has 0 aliphatic heterocycles. The summed E-state index contributed by atoms with van der Waals surface area (Å²) in [5, 5.41) is 2.62. The van der Waals surface area contributed by atoms with Crippen molar-refractivity contribution in [3.63, 3.8) is 0 Å². The lowest BCUT2D eigenvalue weighted by atomic mass is 10.4. The fourth-order valence-corrected chi connectivity index (χ4v) is 0.879. The second-order valence-corrected chi connectivity index (χ2v) is 2.77. The molecule has 1 rings (SSSR count). The zero-order chi connectivity index (χ0) is 10.4. The summed E-state index contributed by atoms with van der Waals surface area (Å²) in [4.78, 5) is 15.1. The smallest absolute Gasteiger partial charge is 0.227 e. The number of hydrogen-bond donors (Lipinski definition) is 2. The molecule has 1 heterocycles. The van der Waals surface area contributed by atoms with E-state index >= 15 is 0 Å². The molecule has 76 valence electrons. The summed E-state index contributed by atoms with van der Waals surface area (Å²) >= 11 is 0. The van der Waals surface area contributed by atoms with Crippen molar-refractivity contribution in [1.82, 2.24) is 4.98 Å². The first-order valence-corrected chi connectivity index (χ1v) is 4.22. The van der Waals surface area contributed by atoms with Crippen molar-refractivity contribution in [2.45, 2.75) is 6.42 Å². The molecule has 0 unspecified atom stereocenters. The number of anilines is 2. The molecule has 0 atom stereocenters. The Morgan fingerprint density at radius 3 is 3.00 bits per heavy atom. The average molecular weight is 195 g/mol. The molecule has 0 spiro atoms. The number of nitrogen functional groups attached to an aromatic ring is 1. The van der Waals surface area contributed by atoms with Crippen LogP contribution < -0.4 is 11.1 Å². The van der Waals surface area contributed by atoms with Crippen LogP contribution in [0.25, 0.3) is 0 Å². The molecule has 0 radical (unpaired) electrons. The predicted molar refractivity (Wildman–Crippen MR) is 53.8 cm³/mol. The quantitative estimate of drug-likeness (QED) is 0.739. The number of carbonyl (C=O) groups excluding carboxylic acids is 1. The molecule has 1 aromatic heterocycles. The number of carbonyl (C=O) groups is 1. The predicted octanol–water partition coefficient (Wildman–Crippen LogP) is 0.639. The van der Waals surface area contributed by atoms with Crippen LogP contribution >= 0.6 is 0 Å². The van der Waals surface area contributed by atoms with Gasteiger partial charge >= 0.3 is 0 Å². The summed E-state index contributed by atoms with van der Waals surface area (Å²) in [5.74, 6) is 0.379. The third kappa shape index (κ3) is 3.40. The second kappa shape index (κ2) is 5.18. The number of nitrogens with one attached hydrogen (secondary N) is 1. The molecule has 3 N–H and O–H groups in total. The van der Waals surface area contributed by atoms with Crippen LogP contribution in [0.1, 0.15) is 6.42 Å². The highest BCUT2D eigenvalue weighted by molar-refractivity contribution is 5.89. The van der Waals surface area contributed by atoms with Crippen molar-refractivity contribution in [2.75, 3.05) is 24.8 Å². The fourth-order valence-electron chi connectivity index (χ4n) is 0.879. The Hall–Kier alpha value is -1.62. The number of rotatable bonds is 4. The topological polar surface area (TPSA) is 77.2 Å². The minimum absolute atomic E-state index is 0.121. The zero-order valence-corrected chi connectivity index (χ0v) is 7.99. The summed E-state index contributed by atoms with van der Waals surface area (Å²) in [6, 6.07) is 3.33. The molecule has 0 saturated carbocycles. The number of ether oxygens (including phenoxy) is 1. The van der Waals surface area contributed by atoms with Crippen LogP contribution in [0, 0.1) is 0 Å². The number of hydrogen-bond acceptors (Lipinski definition) is 4. The van der Waals surface area contributed by atoms with E-state index in [0.717, 1.165) is 0 Å². The zero-order valence-electron chi connectivity index (χ0n) is 7.99. The van der Waals surface area contributed by atoms with Crippen LogP contribution in [-0.4, -0.2) is 24.6 Å². The number of nitrogens with two attached hydrogens (primary N) is 1. The molecule has 14 heavy (non-hydrogen) atoms. The molecule has 1 amide bonds. The molecule has 0 aliphatic carbocycles. The van der Waals surface area contributed by atoms with Crippen LogP contribution in [0.15, 0.2) is 18.3 Å². The number of amides is 1. The van der Waals surface area contributed by atoms with Crippen LogP contribution in [0.3, 0.4) is 0 Å². The molecule has 0 saturated heterocycles. The number of nitrogens with zero attached hydrogens (tertiary/aromatic N) is 1. The standard InChI is InChI=1S/C9H13N3O2/c1-14-5-4-9(13)12-8-3-2-7(10)6-11-8/h2-3,6H,4-5,10H2,1H3,(H,11,12,13). The maximum Gasteiger partial charge on any atom is 0.227 e. The maximum atomic E-state index is 11.2. The lowest BCUT2D eigenvalue weighted by Crippen LogP contribution is -2.14. The second-order valence-electron chi connectivity index (χ2n) is 2.77. The van der Waals surface area contributed by atoms with Crippen molar-refractivity contribution >= 4 is 17.4 Å². The molecule has 5 heteroatoms. The lowest BCUT2D eigenvalue weighted by Gasteiger charge is -2.03. The van der Waals surface area contributed by atoms with Gasteiger partial charge in [0.25, 0.3) is 0 Å². The summed E-state index contributed by atoms with van der Waals surface area (Å²) in [6.45, 7) is 0.404. The van der Waals surface area contributed by atoms with E-state index in [4.69, 9.17) is 10.5 Å². The Labute approximate surface area is 82.3 Å². The van der Waals surface area contributed by atoms with Crippen molar-refractivity contribution in [3.05, 3.63) is 18.3 Å². The highest BCUT2D eigenvalue weighted by Crippen LogP contribution is 2.05. The minimum Gasteiger partial charge on any atom is -0.397 e. The highest BCUT2D eigenvalue weighted by Gasteiger charge is 2.01. The first-order valence-electron chi connectivity index (χ1n) is 4.22. The van der Waals surface area contributed by atoms with Gasteiger partial charge in [-0.2, -0.15) is 0 Å². The fraction of sp³-hybridized carbons (Fsp3) is 0.333. The summed E-state index contributed by atoms with van der Waals surface area (Å²) < 4.78 is 4.77. The number of methoxy groups -OCH3 is 1. The van der Waals surface area contributed by atoms with Gasteiger partial charge in [0, 0.05) is 7.11 Å². The SMILES string of the molecule is COCCC(=O)Nc1ccc(N)cn1. The van der Waals surface area contributed by atoms with E-state index in [2.05, 4.69) is 10.3 Å². The Morgan fingerprint density at radius 2 is 2.43 bits per heavy atom. The van der Waals surface area contributed by atoms with Gasteiger partial charge in [0.1, 0.15) is 5.82 Å². The van der Waals surface area contributed by atoms with Gasteiger partial charge in [0.2, 0.25) is 5.91 Å². The van der Waals surface area contributed by atoms with Crippen molar-refractivity contribution in [3.8, 4) is 0 Å². The Kier molecular flexibility index (Phi) is 3.87. The molecule has 0 bridgehead atoms. The third-order valence-electron chi connectivity index (χ3n) is 1.59. The van der Waals surface area contributed by atoms with Gasteiger partial charge in [-0.1, -0.05) is 0 Å². The molecule has 1 aromatic rings. The largest absolute Gasteiger partial charge is 0.397 e. The molecule has 5 nitrogen and oxygen atoms in total. The first-order chi connectivity index (χ1) is 6.72. The van der Waals surface area contributed by atoms with Crippen LogP contribution in [0.4, 0.5) is 11.5 Å². The van der Waals surface area contributed by atoms with Crippen LogP contribution in [-0.2, 0) is 9.53 Å². The van der Waals surface area contributed by atoms with Crippen molar-refractivity contribution in [1.29, 1.82) is 0 Å². The van der Waals surface area contributed by atoms with Gasteiger partial charge in [-0.3, -0.25) is 4.79 Å². The van der Waals surface area contributed by atoms with Crippen LogP contribution in [0.2, 0.25) is 0 Å². The number of aromatic nitrogens is 1. The summed E-state index contributed by atoms with van der Waals surface area (Å²) in [7, 11) is 1.55. The van der Waals surface area contributed by atoms with E-state index in [1.165, 1.54) is 6.20 Å². The monoisotopic (exact) mass is 195 g/mol.